The minimum atomic E-state index is -2.69. The molecule has 0 aliphatic rings. The second-order valence-corrected chi connectivity index (χ2v) is 4.55. The van der Waals surface area contributed by atoms with E-state index in [1.54, 1.807) is 0 Å². The number of alkyl halides is 3. The van der Waals surface area contributed by atoms with E-state index in [9.17, 15) is 13.6 Å². The summed E-state index contributed by atoms with van der Waals surface area (Å²) in [5.41, 5.74) is 0.222. The van der Waals surface area contributed by atoms with Gasteiger partial charge in [0, 0.05) is 21.6 Å². The summed E-state index contributed by atoms with van der Waals surface area (Å²) in [6.45, 7) is 0. The van der Waals surface area contributed by atoms with Crippen LogP contribution >= 0.6 is 31.9 Å². The fourth-order valence-electron chi connectivity index (χ4n) is 1.35. The number of carbonyl (C=O) groups is 1. The predicted molar refractivity (Wildman–Crippen MR) is 65.2 cm³/mol. The molecule has 3 nitrogen and oxygen atoms in total. The molecule has 0 fully saturated rings. The summed E-state index contributed by atoms with van der Waals surface area (Å²) in [6.07, 6.45) is -1.49. The molecular weight excluding hydrogens is 364 g/mol. The van der Waals surface area contributed by atoms with Gasteiger partial charge in [0.15, 0.2) is 0 Å². The number of pyridine rings is 1. The molecule has 0 radical (unpaired) electrons. The number of nitrogens with zero attached hydrogens (tertiary/aromatic N) is 1. The van der Waals surface area contributed by atoms with Gasteiger partial charge in [-0.3, -0.25) is 9.78 Å². The maximum absolute atomic E-state index is 13.0. The van der Waals surface area contributed by atoms with Gasteiger partial charge in [0.25, 0.3) is 6.43 Å². The molecule has 0 atom stereocenters. The van der Waals surface area contributed by atoms with Gasteiger partial charge in [-0.2, -0.15) is 0 Å². The van der Waals surface area contributed by atoms with Crippen LogP contribution in [0.3, 0.4) is 0 Å². The molecule has 0 saturated carbocycles. The summed E-state index contributed by atoms with van der Waals surface area (Å²) in [5, 5.41) is 0.203. The van der Waals surface area contributed by atoms with Crippen LogP contribution < -0.4 is 0 Å². The standard InChI is InChI=1S/C10H9Br2F2NO2/c1-17-8(16)2-5-6(12)4-15-7(3-11)9(5)10(13)14/h4,10H,2-3H2,1H3. The summed E-state index contributed by atoms with van der Waals surface area (Å²) >= 11 is 6.21. The largest absolute Gasteiger partial charge is 0.469 e. The van der Waals surface area contributed by atoms with Crippen LogP contribution in [0.2, 0.25) is 0 Å². The van der Waals surface area contributed by atoms with Crippen molar-refractivity contribution >= 4 is 37.8 Å². The van der Waals surface area contributed by atoms with E-state index in [0.29, 0.717) is 4.47 Å². The summed E-state index contributed by atoms with van der Waals surface area (Å²) in [5.74, 6) is -0.570. The summed E-state index contributed by atoms with van der Waals surface area (Å²) in [6, 6.07) is 0. The van der Waals surface area contributed by atoms with Crippen LogP contribution in [0.15, 0.2) is 10.7 Å². The molecule has 0 aromatic carbocycles. The molecule has 0 aliphatic carbocycles. The zero-order valence-corrected chi connectivity index (χ0v) is 12.0. The monoisotopic (exact) mass is 371 g/mol. The van der Waals surface area contributed by atoms with Gasteiger partial charge in [-0.05, 0) is 21.5 Å². The van der Waals surface area contributed by atoms with Gasteiger partial charge < -0.3 is 4.74 Å². The zero-order valence-electron chi connectivity index (χ0n) is 8.84. The number of aromatic nitrogens is 1. The molecule has 7 heteroatoms. The smallest absolute Gasteiger partial charge is 0.310 e. The number of carbonyl (C=O) groups excluding carboxylic acids is 1. The van der Waals surface area contributed by atoms with Gasteiger partial charge in [-0.1, -0.05) is 15.9 Å². The molecule has 0 unspecified atom stereocenters. The van der Waals surface area contributed by atoms with Gasteiger partial charge in [0.05, 0.1) is 19.2 Å². The topological polar surface area (TPSA) is 39.2 Å². The lowest BCUT2D eigenvalue weighted by atomic mass is 10.0. The minimum Gasteiger partial charge on any atom is -0.469 e. The van der Waals surface area contributed by atoms with E-state index >= 15 is 0 Å². The van der Waals surface area contributed by atoms with Crippen molar-refractivity contribution in [3.05, 3.63) is 27.5 Å². The van der Waals surface area contributed by atoms with Crippen LogP contribution in [0.5, 0.6) is 0 Å². The highest BCUT2D eigenvalue weighted by atomic mass is 79.9. The lowest BCUT2D eigenvalue weighted by molar-refractivity contribution is -0.139. The first-order chi connectivity index (χ1) is 8.01. The second kappa shape index (κ2) is 6.39. The number of methoxy groups -OCH3 is 1. The maximum atomic E-state index is 13.0. The van der Waals surface area contributed by atoms with Crippen LogP contribution in [0.4, 0.5) is 8.78 Å². The van der Waals surface area contributed by atoms with Crippen molar-refractivity contribution in [2.75, 3.05) is 7.11 Å². The summed E-state index contributed by atoms with van der Waals surface area (Å²) in [4.78, 5) is 15.1. The molecule has 1 aromatic rings. The van der Waals surface area contributed by atoms with E-state index in [1.165, 1.54) is 13.3 Å². The number of rotatable bonds is 4. The SMILES string of the molecule is COC(=O)Cc1c(Br)cnc(CBr)c1C(F)F. The Kier molecular flexibility index (Phi) is 5.45. The Balaban J connectivity index is 3.28. The molecule has 0 saturated heterocycles. The van der Waals surface area contributed by atoms with Crippen molar-refractivity contribution < 1.29 is 18.3 Å². The number of esters is 1. The molecule has 94 valence electrons. The predicted octanol–water partition coefficient (Wildman–Crippen LogP) is 3.39. The van der Waals surface area contributed by atoms with E-state index in [-0.39, 0.29) is 28.6 Å². The Morgan fingerprint density at radius 3 is 2.71 bits per heavy atom. The summed E-state index contributed by atoms with van der Waals surface area (Å²) < 4.78 is 30.8. The quantitative estimate of drug-likeness (QED) is 0.600. The molecule has 0 bridgehead atoms. The lowest BCUT2D eigenvalue weighted by Crippen LogP contribution is -2.10. The van der Waals surface area contributed by atoms with Gasteiger partial charge in [0.2, 0.25) is 0 Å². The fourth-order valence-corrected chi connectivity index (χ4v) is 2.25. The lowest BCUT2D eigenvalue weighted by Gasteiger charge is -2.13. The average Bonchev–Trinajstić information content (AvgIpc) is 2.30. The third kappa shape index (κ3) is 3.45. The molecule has 1 heterocycles. The molecule has 0 N–H and O–H groups in total. The Morgan fingerprint density at radius 1 is 1.59 bits per heavy atom. The van der Waals surface area contributed by atoms with Crippen LogP contribution in [-0.4, -0.2) is 18.1 Å². The van der Waals surface area contributed by atoms with Gasteiger partial charge in [-0.15, -0.1) is 0 Å². The van der Waals surface area contributed by atoms with Gasteiger partial charge >= 0.3 is 5.97 Å². The number of hydrogen-bond acceptors (Lipinski definition) is 3. The Hall–Kier alpha value is -0.560. The van der Waals surface area contributed by atoms with E-state index in [4.69, 9.17) is 0 Å². The van der Waals surface area contributed by atoms with Crippen molar-refractivity contribution in [1.82, 2.24) is 4.98 Å². The minimum absolute atomic E-state index is 0.203. The van der Waals surface area contributed by atoms with Crippen molar-refractivity contribution in [1.29, 1.82) is 0 Å². The average molecular weight is 373 g/mol. The highest BCUT2D eigenvalue weighted by Gasteiger charge is 2.22. The van der Waals surface area contributed by atoms with E-state index in [1.807, 2.05) is 0 Å². The molecule has 0 aliphatic heterocycles. The second-order valence-electron chi connectivity index (χ2n) is 3.13. The van der Waals surface area contributed by atoms with E-state index < -0.39 is 12.4 Å². The number of halogens is 4. The third-order valence-electron chi connectivity index (χ3n) is 2.15. The third-order valence-corrected chi connectivity index (χ3v) is 3.37. The first-order valence-electron chi connectivity index (χ1n) is 4.58. The molecule has 1 aromatic heterocycles. The molecule has 0 spiro atoms. The van der Waals surface area contributed by atoms with E-state index in [2.05, 4.69) is 41.6 Å². The summed E-state index contributed by atoms with van der Waals surface area (Å²) in [7, 11) is 1.21. The Bertz CT molecular complexity index is 427. The first kappa shape index (κ1) is 14.5. The number of hydrogen-bond donors (Lipinski definition) is 0. The normalized spacial score (nSPS) is 10.7. The van der Waals surface area contributed by atoms with Crippen molar-refractivity contribution in [2.24, 2.45) is 0 Å². The highest BCUT2D eigenvalue weighted by Crippen LogP contribution is 2.32. The zero-order chi connectivity index (χ0) is 13.0. The molecular formula is C10H9Br2F2NO2. The van der Waals surface area contributed by atoms with Crippen LogP contribution in [0.25, 0.3) is 0 Å². The first-order valence-corrected chi connectivity index (χ1v) is 6.49. The van der Waals surface area contributed by atoms with Crippen molar-refractivity contribution in [3.8, 4) is 0 Å². The van der Waals surface area contributed by atoms with Gasteiger partial charge in [0.1, 0.15) is 0 Å². The molecule has 17 heavy (non-hydrogen) atoms. The van der Waals surface area contributed by atoms with Crippen LogP contribution in [-0.2, 0) is 21.3 Å². The maximum Gasteiger partial charge on any atom is 0.310 e. The Labute approximate surface area is 114 Å². The van der Waals surface area contributed by atoms with Crippen molar-refractivity contribution in [3.63, 3.8) is 0 Å². The van der Waals surface area contributed by atoms with Gasteiger partial charge in [-0.25, -0.2) is 8.78 Å². The van der Waals surface area contributed by atoms with E-state index in [0.717, 1.165) is 0 Å². The van der Waals surface area contributed by atoms with Crippen LogP contribution in [0.1, 0.15) is 23.2 Å². The fraction of sp³-hybridized carbons (Fsp3) is 0.400. The van der Waals surface area contributed by atoms with Crippen molar-refractivity contribution in [2.45, 2.75) is 18.2 Å². The highest BCUT2D eigenvalue weighted by molar-refractivity contribution is 9.10. The molecule has 1 rings (SSSR count). The Morgan fingerprint density at radius 2 is 2.24 bits per heavy atom. The molecule has 0 amide bonds. The van der Waals surface area contributed by atoms with Crippen LogP contribution in [0, 0.1) is 0 Å². The number of ether oxygens (including phenoxy) is 1.